The van der Waals surface area contributed by atoms with Gasteiger partial charge >= 0.3 is 12.2 Å². The molecule has 1 N–H and O–H groups in total. The van der Waals surface area contributed by atoms with Crippen molar-refractivity contribution in [1.29, 1.82) is 0 Å². The van der Waals surface area contributed by atoms with Crippen LogP contribution in [0, 0.1) is 5.92 Å². The van der Waals surface area contributed by atoms with Crippen LogP contribution in [0.5, 0.6) is 0 Å². The Morgan fingerprint density at radius 1 is 1.35 bits per heavy atom. The minimum Gasteiger partial charge on any atom is -0.319 e. The number of amides is 2. The van der Waals surface area contributed by atoms with Crippen molar-refractivity contribution in [2.45, 2.75) is 57.7 Å². The molecule has 0 radical (unpaired) electrons. The van der Waals surface area contributed by atoms with Gasteiger partial charge in [-0.2, -0.15) is 13.2 Å². The van der Waals surface area contributed by atoms with E-state index in [4.69, 9.17) is 0 Å². The number of thiazole rings is 1. The van der Waals surface area contributed by atoms with Gasteiger partial charge < -0.3 is 4.90 Å². The van der Waals surface area contributed by atoms with E-state index in [-0.39, 0.29) is 13.0 Å². The Kier molecular flexibility index (Phi) is 4.06. The van der Waals surface area contributed by atoms with Crippen LogP contribution in [0.1, 0.15) is 43.7 Å². The van der Waals surface area contributed by atoms with Crippen LogP contribution in [0.15, 0.2) is 0 Å². The Labute approximate surface area is 137 Å². The van der Waals surface area contributed by atoms with E-state index in [2.05, 4.69) is 10.3 Å². The molecule has 0 bridgehead atoms. The maximum atomic E-state index is 13.1. The minimum atomic E-state index is -4.29. The molecule has 1 unspecified atom stereocenters. The molecule has 1 aliphatic heterocycles. The van der Waals surface area contributed by atoms with Gasteiger partial charge in [-0.25, -0.2) is 9.78 Å². The second-order valence-electron chi connectivity index (χ2n) is 6.71. The number of carbonyl (C=O) groups excluding carboxylic acids is 1. The van der Waals surface area contributed by atoms with E-state index >= 15 is 0 Å². The summed E-state index contributed by atoms with van der Waals surface area (Å²) < 4.78 is 39.3. The van der Waals surface area contributed by atoms with Gasteiger partial charge in [-0.15, -0.1) is 11.3 Å². The normalized spacial score (nSPS) is 23.7. The van der Waals surface area contributed by atoms with Crippen molar-refractivity contribution in [3.8, 4) is 0 Å². The van der Waals surface area contributed by atoms with E-state index in [9.17, 15) is 18.0 Å². The van der Waals surface area contributed by atoms with E-state index < -0.39 is 23.7 Å². The first kappa shape index (κ1) is 16.5. The van der Waals surface area contributed by atoms with Crippen molar-refractivity contribution < 1.29 is 18.0 Å². The monoisotopic (exact) mass is 347 g/mol. The Hall–Kier alpha value is -1.31. The molecule has 23 heavy (non-hydrogen) atoms. The van der Waals surface area contributed by atoms with Crippen LogP contribution in [-0.2, 0) is 12.8 Å². The summed E-state index contributed by atoms with van der Waals surface area (Å²) in [4.78, 5) is 19.3. The second kappa shape index (κ2) is 5.65. The smallest absolute Gasteiger partial charge is 0.319 e. The van der Waals surface area contributed by atoms with Gasteiger partial charge in [-0.05, 0) is 46.0 Å². The summed E-state index contributed by atoms with van der Waals surface area (Å²) in [7, 11) is 0. The van der Waals surface area contributed by atoms with Crippen LogP contribution in [0.4, 0.5) is 23.1 Å². The second-order valence-corrected chi connectivity index (χ2v) is 7.80. The average Bonchev–Trinajstić information content (AvgIpc) is 2.96. The third-order valence-corrected chi connectivity index (χ3v) is 5.96. The predicted molar refractivity (Wildman–Crippen MR) is 82.7 cm³/mol. The first-order chi connectivity index (χ1) is 10.7. The summed E-state index contributed by atoms with van der Waals surface area (Å²) in [5, 5.41) is 3.19. The first-order valence-electron chi connectivity index (χ1n) is 7.83. The molecular weight excluding hydrogens is 327 g/mol. The molecule has 0 aromatic carbocycles. The van der Waals surface area contributed by atoms with Crippen LogP contribution in [-0.4, -0.2) is 34.2 Å². The quantitative estimate of drug-likeness (QED) is 0.827. The third-order valence-electron chi connectivity index (χ3n) is 4.89. The van der Waals surface area contributed by atoms with Gasteiger partial charge in [-0.1, -0.05) is 0 Å². The number of halogens is 3. The molecule has 3 rings (SSSR count). The summed E-state index contributed by atoms with van der Waals surface area (Å²) in [5.41, 5.74) is -0.232. The van der Waals surface area contributed by atoms with Crippen molar-refractivity contribution in [1.82, 2.24) is 9.88 Å². The molecule has 1 aliphatic carbocycles. The average molecular weight is 347 g/mol. The molecular formula is C15H20F3N3OS. The molecule has 8 heteroatoms. The Balaban J connectivity index is 1.72. The number of anilines is 1. The number of hydrogen-bond acceptors (Lipinski definition) is 3. The topological polar surface area (TPSA) is 45.2 Å². The number of aryl methyl sites for hydroxylation is 2. The standard InChI is InChI=1S/C15H20F3N3OS/c1-14(2)11(15(16,17)18)7-8-21(14)13(22)20-12-19-9-5-3-4-6-10(9)23-12/h11H,3-8H2,1-2H3,(H,19,20,22). The predicted octanol–water partition coefficient (Wildman–Crippen LogP) is 4.22. The lowest BCUT2D eigenvalue weighted by Gasteiger charge is -2.36. The molecule has 2 amide bonds. The van der Waals surface area contributed by atoms with E-state index in [1.165, 1.54) is 35.0 Å². The van der Waals surface area contributed by atoms with Crippen LogP contribution in [0.25, 0.3) is 0 Å². The lowest BCUT2D eigenvalue weighted by atomic mass is 9.88. The van der Waals surface area contributed by atoms with Gasteiger partial charge in [0.1, 0.15) is 0 Å². The summed E-state index contributed by atoms with van der Waals surface area (Å²) in [6.07, 6.45) is -0.260. The van der Waals surface area contributed by atoms with Crippen molar-refractivity contribution in [3.05, 3.63) is 10.6 Å². The van der Waals surface area contributed by atoms with E-state index in [0.29, 0.717) is 5.13 Å². The zero-order chi connectivity index (χ0) is 16.8. The number of aromatic nitrogens is 1. The number of carbonyl (C=O) groups is 1. The highest BCUT2D eigenvalue weighted by Crippen LogP contribution is 2.45. The van der Waals surface area contributed by atoms with Crippen molar-refractivity contribution >= 4 is 22.5 Å². The fourth-order valence-corrected chi connectivity index (χ4v) is 4.62. The largest absolute Gasteiger partial charge is 0.394 e. The van der Waals surface area contributed by atoms with Gasteiger partial charge in [0.2, 0.25) is 0 Å². The summed E-state index contributed by atoms with van der Waals surface area (Å²) in [5.74, 6) is -1.50. The molecule has 2 aliphatic rings. The van der Waals surface area contributed by atoms with E-state index in [0.717, 1.165) is 31.4 Å². The summed E-state index contributed by atoms with van der Waals surface area (Å²) in [6.45, 7) is 3.06. The van der Waals surface area contributed by atoms with Crippen LogP contribution < -0.4 is 5.32 Å². The first-order valence-corrected chi connectivity index (χ1v) is 8.65. The maximum absolute atomic E-state index is 13.1. The van der Waals surface area contributed by atoms with Gasteiger partial charge in [0.05, 0.1) is 17.2 Å². The Morgan fingerprint density at radius 2 is 2.04 bits per heavy atom. The molecule has 2 heterocycles. The van der Waals surface area contributed by atoms with Crippen molar-refractivity contribution in [2.24, 2.45) is 5.92 Å². The molecule has 4 nitrogen and oxygen atoms in total. The fraction of sp³-hybridized carbons (Fsp3) is 0.733. The van der Waals surface area contributed by atoms with Gasteiger partial charge in [-0.3, -0.25) is 5.32 Å². The van der Waals surface area contributed by atoms with E-state index in [1.54, 1.807) is 0 Å². The number of nitrogens with zero attached hydrogens (tertiary/aromatic N) is 2. The lowest BCUT2D eigenvalue weighted by molar-refractivity contribution is -0.189. The zero-order valence-electron chi connectivity index (χ0n) is 13.2. The SMILES string of the molecule is CC1(C)C(C(F)(F)F)CCN1C(=O)Nc1nc2c(s1)CCCC2. The number of alkyl halides is 3. The highest BCUT2D eigenvalue weighted by molar-refractivity contribution is 7.15. The molecule has 1 aromatic heterocycles. The molecule has 128 valence electrons. The number of rotatable bonds is 1. The summed E-state index contributed by atoms with van der Waals surface area (Å²) in [6, 6.07) is -0.493. The molecule has 1 aromatic rings. The molecule has 1 saturated heterocycles. The number of urea groups is 1. The fourth-order valence-electron chi connectivity index (χ4n) is 3.58. The Bertz CT molecular complexity index is 588. The van der Waals surface area contributed by atoms with Crippen LogP contribution in [0.3, 0.4) is 0 Å². The number of likely N-dealkylation sites (tertiary alicyclic amines) is 1. The minimum absolute atomic E-state index is 0.0573. The number of nitrogens with one attached hydrogen (secondary N) is 1. The van der Waals surface area contributed by atoms with Gasteiger partial charge in [0, 0.05) is 11.4 Å². The number of fused-ring (bicyclic) bond motifs is 1. The van der Waals surface area contributed by atoms with Crippen molar-refractivity contribution in [2.75, 3.05) is 11.9 Å². The molecule has 1 fully saturated rings. The number of hydrogen-bond donors (Lipinski definition) is 1. The molecule has 0 spiro atoms. The lowest BCUT2D eigenvalue weighted by Crippen LogP contribution is -2.51. The zero-order valence-corrected chi connectivity index (χ0v) is 14.0. The van der Waals surface area contributed by atoms with E-state index in [1.807, 2.05) is 0 Å². The molecule has 1 atom stereocenters. The van der Waals surface area contributed by atoms with Crippen molar-refractivity contribution in [3.63, 3.8) is 0 Å². The third kappa shape index (κ3) is 3.05. The Morgan fingerprint density at radius 3 is 2.65 bits per heavy atom. The van der Waals surface area contributed by atoms with Crippen LogP contribution in [0.2, 0.25) is 0 Å². The van der Waals surface area contributed by atoms with Gasteiger partial charge in [0.25, 0.3) is 0 Å². The summed E-state index contributed by atoms with van der Waals surface area (Å²) >= 11 is 1.44. The van der Waals surface area contributed by atoms with Crippen LogP contribution >= 0.6 is 11.3 Å². The van der Waals surface area contributed by atoms with Gasteiger partial charge in [0.15, 0.2) is 5.13 Å². The maximum Gasteiger partial charge on any atom is 0.394 e. The highest BCUT2D eigenvalue weighted by atomic mass is 32.1. The molecule has 0 saturated carbocycles. The highest BCUT2D eigenvalue weighted by Gasteiger charge is 2.56.